The first-order valence-corrected chi connectivity index (χ1v) is 6.77. The van der Waals surface area contributed by atoms with Crippen LogP contribution in [0.1, 0.15) is 24.8 Å². The van der Waals surface area contributed by atoms with Gasteiger partial charge in [0.15, 0.2) is 0 Å². The minimum atomic E-state index is 0.269. The number of carbonyl (C=O) groups excluding carboxylic acids is 1. The maximum Gasteiger partial charge on any atom is 0.222 e. The standard InChI is InChI=1S/C15H22N2O/c1-17(14-9-11-16-12-10-14)15(18)8-7-13-5-3-2-4-6-13/h2-6,14,16H,7-12H2,1H3. The number of hydrogen-bond donors (Lipinski definition) is 1. The largest absolute Gasteiger partial charge is 0.343 e. The first-order valence-electron chi connectivity index (χ1n) is 6.77. The van der Waals surface area contributed by atoms with Crippen molar-refractivity contribution in [1.29, 1.82) is 0 Å². The molecule has 1 aliphatic rings. The topological polar surface area (TPSA) is 32.3 Å². The van der Waals surface area contributed by atoms with E-state index in [1.807, 2.05) is 30.1 Å². The van der Waals surface area contributed by atoms with Crippen LogP contribution in [0, 0.1) is 0 Å². The molecule has 1 saturated heterocycles. The Morgan fingerprint density at radius 3 is 2.61 bits per heavy atom. The molecule has 1 fully saturated rings. The minimum Gasteiger partial charge on any atom is -0.343 e. The quantitative estimate of drug-likeness (QED) is 0.879. The van der Waals surface area contributed by atoms with E-state index in [1.165, 1.54) is 5.56 Å². The Labute approximate surface area is 109 Å². The molecule has 1 aliphatic heterocycles. The van der Waals surface area contributed by atoms with Crippen molar-refractivity contribution >= 4 is 5.91 Å². The van der Waals surface area contributed by atoms with Gasteiger partial charge in [-0.2, -0.15) is 0 Å². The number of aryl methyl sites for hydroxylation is 1. The van der Waals surface area contributed by atoms with Crippen molar-refractivity contribution in [2.45, 2.75) is 31.7 Å². The maximum atomic E-state index is 12.1. The highest BCUT2D eigenvalue weighted by molar-refractivity contribution is 5.76. The summed E-state index contributed by atoms with van der Waals surface area (Å²) in [7, 11) is 1.95. The molecule has 0 atom stereocenters. The van der Waals surface area contributed by atoms with Crippen LogP contribution in [-0.2, 0) is 11.2 Å². The smallest absolute Gasteiger partial charge is 0.222 e. The SMILES string of the molecule is CN(C(=O)CCc1ccccc1)C1CCNCC1. The van der Waals surface area contributed by atoms with Gasteiger partial charge in [-0.1, -0.05) is 30.3 Å². The van der Waals surface area contributed by atoms with Gasteiger partial charge in [-0.3, -0.25) is 4.79 Å². The summed E-state index contributed by atoms with van der Waals surface area (Å²) < 4.78 is 0. The normalized spacial score (nSPS) is 16.5. The predicted molar refractivity (Wildman–Crippen MR) is 73.4 cm³/mol. The van der Waals surface area contributed by atoms with Crippen molar-refractivity contribution in [3.8, 4) is 0 Å². The molecule has 0 aromatic heterocycles. The number of rotatable bonds is 4. The van der Waals surface area contributed by atoms with Crippen LogP contribution in [0.2, 0.25) is 0 Å². The second-order valence-electron chi connectivity index (χ2n) is 4.97. The van der Waals surface area contributed by atoms with Crippen LogP contribution < -0.4 is 5.32 Å². The first kappa shape index (κ1) is 13.1. The molecule has 0 aliphatic carbocycles. The maximum absolute atomic E-state index is 12.1. The first-order chi connectivity index (χ1) is 8.77. The fourth-order valence-electron chi connectivity index (χ4n) is 2.47. The minimum absolute atomic E-state index is 0.269. The second-order valence-corrected chi connectivity index (χ2v) is 4.97. The van der Waals surface area contributed by atoms with Gasteiger partial charge in [0, 0.05) is 19.5 Å². The van der Waals surface area contributed by atoms with Gasteiger partial charge in [0.2, 0.25) is 5.91 Å². The van der Waals surface area contributed by atoms with Gasteiger partial charge < -0.3 is 10.2 Å². The number of hydrogen-bond acceptors (Lipinski definition) is 2. The fourth-order valence-corrected chi connectivity index (χ4v) is 2.47. The van der Waals surface area contributed by atoms with Gasteiger partial charge in [-0.05, 0) is 37.9 Å². The highest BCUT2D eigenvalue weighted by Gasteiger charge is 2.21. The van der Waals surface area contributed by atoms with E-state index in [-0.39, 0.29) is 5.91 Å². The van der Waals surface area contributed by atoms with Crippen molar-refractivity contribution in [3.63, 3.8) is 0 Å². The Morgan fingerprint density at radius 2 is 1.94 bits per heavy atom. The average molecular weight is 246 g/mol. The van der Waals surface area contributed by atoms with Gasteiger partial charge in [0.25, 0.3) is 0 Å². The average Bonchev–Trinajstić information content (AvgIpc) is 2.46. The predicted octanol–water partition coefficient (Wildman–Crippen LogP) is 1.83. The van der Waals surface area contributed by atoms with E-state index in [0.29, 0.717) is 12.5 Å². The molecule has 1 aromatic rings. The molecule has 0 radical (unpaired) electrons. The monoisotopic (exact) mass is 246 g/mol. The summed E-state index contributed by atoms with van der Waals surface area (Å²) in [5.74, 6) is 0.269. The molecule has 1 amide bonds. The zero-order valence-electron chi connectivity index (χ0n) is 11.1. The Morgan fingerprint density at radius 1 is 1.28 bits per heavy atom. The Bertz CT molecular complexity index is 371. The van der Waals surface area contributed by atoms with Crippen LogP contribution >= 0.6 is 0 Å². The highest BCUT2D eigenvalue weighted by atomic mass is 16.2. The molecule has 0 bridgehead atoms. The number of amides is 1. The molecule has 98 valence electrons. The molecule has 1 heterocycles. The fraction of sp³-hybridized carbons (Fsp3) is 0.533. The van der Waals surface area contributed by atoms with E-state index in [2.05, 4.69) is 17.4 Å². The molecule has 18 heavy (non-hydrogen) atoms. The van der Waals surface area contributed by atoms with Crippen molar-refractivity contribution in [2.24, 2.45) is 0 Å². The van der Waals surface area contributed by atoms with E-state index in [9.17, 15) is 4.79 Å². The molecule has 3 heteroatoms. The number of piperidine rings is 1. The Kier molecular flexibility index (Phi) is 4.76. The molecule has 2 rings (SSSR count). The zero-order valence-corrected chi connectivity index (χ0v) is 11.1. The van der Waals surface area contributed by atoms with E-state index in [0.717, 1.165) is 32.4 Å². The summed E-state index contributed by atoms with van der Waals surface area (Å²) in [6, 6.07) is 10.6. The molecular weight excluding hydrogens is 224 g/mol. The summed E-state index contributed by atoms with van der Waals surface area (Å²) >= 11 is 0. The van der Waals surface area contributed by atoms with Crippen LogP contribution in [0.4, 0.5) is 0 Å². The van der Waals surface area contributed by atoms with Gasteiger partial charge in [-0.15, -0.1) is 0 Å². The molecule has 0 unspecified atom stereocenters. The van der Waals surface area contributed by atoms with Gasteiger partial charge in [-0.25, -0.2) is 0 Å². The summed E-state index contributed by atoms with van der Waals surface area (Å²) in [5.41, 5.74) is 1.24. The number of benzene rings is 1. The Balaban J connectivity index is 1.80. The lowest BCUT2D eigenvalue weighted by Crippen LogP contribution is -2.44. The summed E-state index contributed by atoms with van der Waals surface area (Å²) in [4.78, 5) is 14.1. The van der Waals surface area contributed by atoms with Crippen molar-refractivity contribution in [1.82, 2.24) is 10.2 Å². The molecule has 3 nitrogen and oxygen atoms in total. The third-order valence-corrected chi connectivity index (χ3v) is 3.72. The van der Waals surface area contributed by atoms with E-state index in [4.69, 9.17) is 0 Å². The summed E-state index contributed by atoms with van der Waals surface area (Å²) in [5, 5.41) is 3.33. The molecule has 0 spiro atoms. The highest BCUT2D eigenvalue weighted by Crippen LogP contribution is 2.12. The lowest BCUT2D eigenvalue weighted by Gasteiger charge is -2.31. The molecule has 1 N–H and O–H groups in total. The lowest BCUT2D eigenvalue weighted by atomic mass is 10.0. The number of nitrogens with one attached hydrogen (secondary N) is 1. The van der Waals surface area contributed by atoms with E-state index >= 15 is 0 Å². The lowest BCUT2D eigenvalue weighted by molar-refractivity contribution is -0.132. The summed E-state index contributed by atoms with van der Waals surface area (Å²) in [6.07, 6.45) is 3.61. The third kappa shape index (κ3) is 3.57. The zero-order chi connectivity index (χ0) is 12.8. The second kappa shape index (κ2) is 6.55. The number of carbonyl (C=O) groups is 1. The van der Waals surface area contributed by atoms with Crippen LogP contribution in [0.25, 0.3) is 0 Å². The van der Waals surface area contributed by atoms with Crippen molar-refractivity contribution in [2.75, 3.05) is 20.1 Å². The molecule has 0 saturated carbocycles. The van der Waals surface area contributed by atoms with Crippen LogP contribution in [-0.4, -0.2) is 37.0 Å². The summed E-state index contributed by atoms with van der Waals surface area (Å²) in [6.45, 7) is 2.06. The van der Waals surface area contributed by atoms with Crippen molar-refractivity contribution in [3.05, 3.63) is 35.9 Å². The van der Waals surface area contributed by atoms with Crippen LogP contribution in [0.15, 0.2) is 30.3 Å². The Hall–Kier alpha value is -1.35. The number of nitrogens with zero attached hydrogens (tertiary/aromatic N) is 1. The van der Waals surface area contributed by atoms with Gasteiger partial charge >= 0.3 is 0 Å². The third-order valence-electron chi connectivity index (χ3n) is 3.72. The van der Waals surface area contributed by atoms with Gasteiger partial charge in [0.05, 0.1) is 0 Å². The van der Waals surface area contributed by atoms with Crippen LogP contribution in [0.3, 0.4) is 0 Å². The van der Waals surface area contributed by atoms with Crippen LogP contribution in [0.5, 0.6) is 0 Å². The van der Waals surface area contributed by atoms with Gasteiger partial charge in [0.1, 0.15) is 0 Å². The van der Waals surface area contributed by atoms with E-state index < -0.39 is 0 Å². The van der Waals surface area contributed by atoms with Crippen molar-refractivity contribution < 1.29 is 4.79 Å². The molecule has 1 aromatic carbocycles. The van der Waals surface area contributed by atoms with E-state index in [1.54, 1.807) is 0 Å². The molecular formula is C15H22N2O.